The third-order valence-corrected chi connectivity index (χ3v) is 1.53. The van der Waals surface area contributed by atoms with Crippen LogP contribution in [0.5, 0.6) is 0 Å². The van der Waals surface area contributed by atoms with Gasteiger partial charge in [-0.3, -0.25) is 4.98 Å². The summed E-state index contributed by atoms with van der Waals surface area (Å²) in [6.07, 6.45) is 5.34. The van der Waals surface area contributed by atoms with Crippen molar-refractivity contribution in [3.63, 3.8) is 0 Å². The highest BCUT2D eigenvalue weighted by Crippen LogP contribution is 2.06. The van der Waals surface area contributed by atoms with Crippen molar-refractivity contribution < 1.29 is 0 Å². The lowest BCUT2D eigenvalue weighted by Gasteiger charge is -1.89. The third-order valence-electron chi connectivity index (χ3n) is 1.53. The van der Waals surface area contributed by atoms with Crippen LogP contribution in [0.2, 0.25) is 0 Å². The molecule has 50 valence electrons. The summed E-state index contributed by atoms with van der Waals surface area (Å²) < 4.78 is 1.95. The minimum Gasteiger partial charge on any atom is -0.332 e. The second-order valence-electron chi connectivity index (χ2n) is 2.22. The fourth-order valence-electron chi connectivity index (χ4n) is 0.971. The van der Waals surface area contributed by atoms with Crippen LogP contribution in [0.3, 0.4) is 0 Å². The maximum Gasteiger partial charge on any atom is 0.0956 e. The summed E-state index contributed by atoms with van der Waals surface area (Å²) >= 11 is 0. The Balaban J connectivity index is 2.93. The van der Waals surface area contributed by atoms with E-state index in [1.165, 1.54) is 0 Å². The molecule has 0 N–H and O–H groups in total. The molecule has 0 aliphatic rings. The summed E-state index contributed by atoms with van der Waals surface area (Å²) in [4.78, 5) is 8.13. The van der Waals surface area contributed by atoms with E-state index < -0.39 is 0 Å². The molecule has 2 rings (SSSR count). The predicted molar refractivity (Wildman–Crippen MR) is 38.5 cm³/mol. The van der Waals surface area contributed by atoms with Crippen molar-refractivity contribution in [3.05, 3.63) is 24.8 Å². The summed E-state index contributed by atoms with van der Waals surface area (Å²) in [5.41, 5.74) is 2.07. The highest BCUT2D eigenvalue weighted by atomic mass is 15.0. The summed E-state index contributed by atoms with van der Waals surface area (Å²) in [6.45, 7) is 0. The van der Waals surface area contributed by atoms with Gasteiger partial charge in [0.1, 0.15) is 0 Å². The van der Waals surface area contributed by atoms with Gasteiger partial charge in [-0.25, -0.2) is 4.98 Å². The number of imidazole rings is 1. The zero-order valence-electron chi connectivity index (χ0n) is 5.65. The molecule has 2 heterocycles. The summed E-state index contributed by atoms with van der Waals surface area (Å²) in [7, 11) is 1.96. The lowest BCUT2D eigenvalue weighted by Crippen LogP contribution is -1.83. The molecule has 0 bridgehead atoms. The molecule has 0 atom stereocenters. The van der Waals surface area contributed by atoms with E-state index in [-0.39, 0.29) is 0 Å². The van der Waals surface area contributed by atoms with Crippen molar-refractivity contribution in [2.24, 2.45) is 7.05 Å². The second-order valence-corrected chi connectivity index (χ2v) is 2.22. The maximum atomic E-state index is 4.14. The first kappa shape index (κ1) is 5.41. The summed E-state index contributed by atoms with van der Waals surface area (Å²) in [5, 5.41) is 0. The van der Waals surface area contributed by atoms with Crippen LogP contribution in [0.1, 0.15) is 0 Å². The van der Waals surface area contributed by atoms with Gasteiger partial charge in [0.2, 0.25) is 0 Å². The molecule has 0 unspecified atom stereocenters. The van der Waals surface area contributed by atoms with Crippen molar-refractivity contribution >= 4 is 11.0 Å². The topological polar surface area (TPSA) is 30.7 Å². The van der Waals surface area contributed by atoms with Crippen molar-refractivity contribution in [2.45, 2.75) is 0 Å². The van der Waals surface area contributed by atoms with Gasteiger partial charge in [-0.05, 0) is 6.07 Å². The van der Waals surface area contributed by atoms with Crippen LogP contribution < -0.4 is 0 Å². The first-order valence-corrected chi connectivity index (χ1v) is 3.09. The Kier molecular flexibility index (Phi) is 0.974. The molecule has 0 aliphatic carbocycles. The first-order chi connectivity index (χ1) is 4.88. The minimum absolute atomic E-state index is 0.998. The Hall–Kier alpha value is -1.38. The monoisotopic (exact) mass is 133 g/mol. The van der Waals surface area contributed by atoms with Gasteiger partial charge in [0.25, 0.3) is 0 Å². The van der Waals surface area contributed by atoms with E-state index in [1.54, 1.807) is 12.5 Å². The van der Waals surface area contributed by atoms with Gasteiger partial charge in [-0.15, -0.1) is 0 Å². The van der Waals surface area contributed by atoms with Gasteiger partial charge < -0.3 is 4.57 Å². The van der Waals surface area contributed by atoms with Crippen LogP contribution in [-0.4, -0.2) is 14.5 Å². The molecule has 0 fully saturated rings. The maximum absolute atomic E-state index is 4.14. The third kappa shape index (κ3) is 0.603. The molecule has 2 aromatic heterocycles. The first-order valence-electron chi connectivity index (χ1n) is 3.09. The molecule has 0 radical (unpaired) electrons. The molecule has 10 heavy (non-hydrogen) atoms. The Labute approximate surface area is 58.3 Å². The van der Waals surface area contributed by atoms with Gasteiger partial charge in [-0.1, -0.05) is 0 Å². The molecule has 3 heteroatoms. The quantitative estimate of drug-likeness (QED) is 0.536. The van der Waals surface area contributed by atoms with Crippen LogP contribution in [-0.2, 0) is 7.05 Å². The average Bonchev–Trinajstić information content (AvgIpc) is 2.34. The van der Waals surface area contributed by atoms with Crippen molar-refractivity contribution in [3.8, 4) is 0 Å². The molecule has 0 aliphatic heterocycles. The van der Waals surface area contributed by atoms with Crippen LogP contribution in [0.25, 0.3) is 11.0 Å². The summed E-state index contributed by atoms with van der Waals surface area (Å²) in [5.74, 6) is 0. The van der Waals surface area contributed by atoms with Crippen LogP contribution in [0.4, 0.5) is 0 Å². The van der Waals surface area contributed by atoms with E-state index in [1.807, 2.05) is 23.9 Å². The molecule has 3 nitrogen and oxygen atoms in total. The molecule has 0 aromatic carbocycles. The molecule has 0 saturated carbocycles. The average molecular weight is 133 g/mol. The number of aryl methyl sites for hydroxylation is 1. The number of fused-ring (bicyclic) bond motifs is 1. The number of hydrogen-bond donors (Lipinski definition) is 0. The predicted octanol–water partition coefficient (Wildman–Crippen LogP) is 0.968. The molecular weight excluding hydrogens is 126 g/mol. The second kappa shape index (κ2) is 1.80. The lowest BCUT2D eigenvalue weighted by molar-refractivity contribution is 0.945. The van der Waals surface area contributed by atoms with Crippen LogP contribution >= 0.6 is 0 Å². The molecule has 0 saturated heterocycles. The molecule has 0 spiro atoms. The van der Waals surface area contributed by atoms with E-state index in [2.05, 4.69) is 9.97 Å². The van der Waals surface area contributed by atoms with E-state index in [0.29, 0.717) is 0 Å². The van der Waals surface area contributed by atoms with Gasteiger partial charge >= 0.3 is 0 Å². The highest BCUT2D eigenvalue weighted by molar-refractivity contribution is 5.73. The lowest BCUT2D eigenvalue weighted by atomic mass is 10.4. The molecule has 0 amide bonds. The zero-order valence-corrected chi connectivity index (χ0v) is 5.65. The fraction of sp³-hybridized carbons (Fsp3) is 0.143. The fourth-order valence-corrected chi connectivity index (χ4v) is 0.971. The number of rotatable bonds is 0. The SMILES string of the molecule is Cn1cnc2ccncc21. The largest absolute Gasteiger partial charge is 0.332 e. The van der Waals surface area contributed by atoms with Gasteiger partial charge in [0.15, 0.2) is 0 Å². The van der Waals surface area contributed by atoms with Gasteiger partial charge in [0, 0.05) is 13.2 Å². The Morgan fingerprint density at radius 3 is 3.20 bits per heavy atom. The van der Waals surface area contributed by atoms with Gasteiger partial charge in [-0.2, -0.15) is 0 Å². The minimum atomic E-state index is 0.998. The Morgan fingerprint density at radius 2 is 2.40 bits per heavy atom. The van der Waals surface area contributed by atoms with E-state index in [4.69, 9.17) is 0 Å². The molecular formula is C7H7N3. The molecule has 2 aromatic rings. The number of hydrogen-bond acceptors (Lipinski definition) is 2. The zero-order chi connectivity index (χ0) is 6.97. The van der Waals surface area contributed by atoms with Crippen molar-refractivity contribution in [1.82, 2.24) is 14.5 Å². The highest BCUT2D eigenvalue weighted by Gasteiger charge is 1.94. The number of nitrogens with zero attached hydrogens (tertiary/aromatic N) is 3. The van der Waals surface area contributed by atoms with Crippen molar-refractivity contribution in [1.29, 1.82) is 0 Å². The number of pyridine rings is 1. The standard InChI is InChI=1S/C7H7N3/c1-10-5-9-6-2-3-8-4-7(6)10/h2-5H,1H3. The Bertz CT molecular complexity index is 350. The van der Waals surface area contributed by atoms with Crippen LogP contribution in [0, 0.1) is 0 Å². The summed E-state index contributed by atoms with van der Waals surface area (Å²) in [6, 6.07) is 1.90. The Morgan fingerprint density at radius 1 is 1.50 bits per heavy atom. The normalized spacial score (nSPS) is 10.5. The number of aromatic nitrogens is 3. The van der Waals surface area contributed by atoms with Crippen molar-refractivity contribution in [2.75, 3.05) is 0 Å². The van der Waals surface area contributed by atoms with E-state index in [9.17, 15) is 0 Å². The van der Waals surface area contributed by atoms with Gasteiger partial charge in [0.05, 0.1) is 23.6 Å². The van der Waals surface area contributed by atoms with E-state index >= 15 is 0 Å². The van der Waals surface area contributed by atoms with Crippen LogP contribution in [0.15, 0.2) is 24.8 Å². The van der Waals surface area contributed by atoms with E-state index in [0.717, 1.165) is 11.0 Å². The smallest absolute Gasteiger partial charge is 0.0956 e.